The van der Waals surface area contributed by atoms with E-state index >= 15 is 0 Å². The third kappa shape index (κ3) is 3.67. The Bertz CT molecular complexity index is 448. The number of pyridine rings is 1. The van der Waals surface area contributed by atoms with Crippen molar-refractivity contribution in [1.29, 1.82) is 0 Å². The lowest BCUT2D eigenvalue weighted by Crippen LogP contribution is -2.44. The summed E-state index contributed by atoms with van der Waals surface area (Å²) < 4.78 is 5.43. The summed E-state index contributed by atoms with van der Waals surface area (Å²) in [5.74, 6) is 0.410. The molecule has 1 N–H and O–H groups in total. The predicted molar refractivity (Wildman–Crippen MR) is 74.5 cm³/mol. The summed E-state index contributed by atoms with van der Waals surface area (Å²) in [5, 5.41) is 3.29. The lowest BCUT2D eigenvalue weighted by Gasteiger charge is -2.30. The molecule has 0 saturated carbocycles. The number of hydrogen-bond donors (Lipinski definition) is 1. The van der Waals surface area contributed by atoms with Gasteiger partial charge in [0.05, 0.1) is 0 Å². The zero-order chi connectivity index (χ0) is 13.9. The van der Waals surface area contributed by atoms with Gasteiger partial charge >= 0.3 is 5.97 Å². The molecule has 1 aliphatic rings. The van der Waals surface area contributed by atoms with Gasteiger partial charge in [-0.25, -0.2) is 9.78 Å². The highest BCUT2D eigenvalue weighted by Gasteiger charge is 2.23. The van der Waals surface area contributed by atoms with Crippen LogP contribution in [0.2, 0.25) is 0 Å². The van der Waals surface area contributed by atoms with E-state index in [1.165, 1.54) is 0 Å². The van der Waals surface area contributed by atoms with Crippen molar-refractivity contribution in [2.45, 2.75) is 26.4 Å². The topological polar surface area (TPSA) is 54.5 Å². The summed E-state index contributed by atoms with van der Waals surface area (Å²) in [4.78, 5) is 18.7. The standard InChI is InChI=1S/C14H21N3O2/c1-14(2,3)19-13(18)11-5-4-6-16-12(11)17-9-7-15-8-10-17/h4-6,15H,7-10H2,1-3H3. The van der Waals surface area contributed by atoms with Gasteiger partial charge in [-0.05, 0) is 32.9 Å². The molecule has 19 heavy (non-hydrogen) atoms. The average Bonchev–Trinajstić information content (AvgIpc) is 2.38. The fourth-order valence-corrected chi connectivity index (χ4v) is 2.02. The molecule has 1 aromatic heterocycles. The highest BCUT2D eigenvalue weighted by molar-refractivity contribution is 5.95. The number of ether oxygens (including phenoxy) is 1. The van der Waals surface area contributed by atoms with Gasteiger partial charge in [0, 0.05) is 32.4 Å². The molecule has 1 aromatic rings. The minimum Gasteiger partial charge on any atom is -0.456 e. The van der Waals surface area contributed by atoms with Crippen LogP contribution in [0.1, 0.15) is 31.1 Å². The highest BCUT2D eigenvalue weighted by Crippen LogP contribution is 2.21. The van der Waals surface area contributed by atoms with E-state index in [-0.39, 0.29) is 5.97 Å². The van der Waals surface area contributed by atoms with Crippen molar-refractivity contribution in [3.63, 3.8) is 0 Å². The summed E-state index contributed by atoms with van der Waals surface area (Å²) in [7, 11) is 0. The predicted octanol–water partition coefficient (Wildman–Crippen LogP) is 1.45. The molecule has 0 bridgehead atoms. The first-order valence-corrected chi connectivity index (χ1v) is 6.61. The largest absolute Gasteiger partial charge is 0.456 e. The van der Waals surface area contributed by atoms with Gasteiger partial charge in [-0.3, -0.25) is 0 Å². The molecule has 2 rings (SSSR count). The maximum absolute atomic E-state index is 12.2. The van der Waals surface area contributed by atoms with Crippen LogP contribution in [0.15, 0.2) is 18.3 Å². The molecule has 104 valence electrons. The van der Waals surface area contributed by atoms with Gasteiger partial charge < -0.3 is 15.0 Å². The summed E-state index contributed by atoms with van der Waals surface area (Å²) in [6, 6.07) is 3.55. The maximum atomic E-state index is 12.2. The second kappa shape index (κ2) is 5.57. The number of aromatic nitrogens is 1. The van der Waals surface area contributed by atoms with Gasteiger partial charge in [0.2, 0.25) is 0 Å². The van der Waals surface area contributed by atoms with E-state index in [4.69, 9.17) is 4.74 Å². The van der Waals surface area contributed by atoms with Gasteiger partial charge in [0.1, 0.15) is 17.0 Å². The number of rotatable bonds is 2. The number of nitrogens with zero attached hydrogens (tertiary/aromatic N) is 2. The van der Waals surface area contributed by atoms with Crippen LogP contribution in [0.5, 0.6) is 0 Å². The number of carbonyl (C=O) groups excluding carboxylic acids is 1. The lowest BCUT2D eigenvalue weighted by atomic mass is 10.1. The quantitative estimate of drug-likeness (QED) is 0.818. The van der Waals surface area contributed by atoms with Crippen LogP contribution in [0.4, 0.5) is 5.82 Å². The van der Waals surface area contributed by atoms with Gasteiger partial charge in [-0.1, -0.05) is 0 Å². The normalized spacial score (nSPS) is 16.3. The summed E-state index contributed by atoms with van der Waals surface area (Å²) >= 11 is 0. The molecule has 0 radical (unpaired) electrons. The summed E-state index contributed by atoms with van der Waals surface area (Å²) in [5.41, 5.74) is 0.0486. The number of piperazine rings is 1. The molecule has 5 heteroatoms. The molecule has 1 fully saturated rings. The Hall–Kier alpha value is -1.62. The molecule has 0 spiro atoms. The second-order valence-electron chi connectivity index (χ2n) is 5.61. The van der Waals surface area contributed by atoms with Gasteiger partial charge in [0.25, 0.3) is 0 Å². The first-order valence-electron chi connectivity index (χ1n) is 6.61. The Morgan fingerprint density at radius 3 is 2.68 bits per heavy atom. The average molecular weight is 263 g/mol. The number of carbonyl (C=O) groups is 1. The van der Waals surface area contributed by atoms with Crippen LogP contribution in [-0.2, 0) is 4.74 Å². The molecular formula is C14H21N3O2. The van der Waals surface area contributed by atoms with Crippen molar-refractivity contribution >= 4 is 11.8 Å². The van der Waals surface area contributed by atoms with Gasteiger partial charge in [0.15, 0.2) is 0 Å². The van der Waals surface area contributed by atoms with E-state index in [9.17, 15) is 4.79 Å². The zero-order valence-electron chi connectivity index (χ0n) is 11.8. The van der Waals surface area contributed by atoms with E-state index in [1.807, 2.05) is 20.8 Å². The SMILES string of the molecule is CC(C)(C)OC(=O)c1cccnc1N1CCNCC1. The van der Waals surface area contributed by atoms with Crippen molar-refractivity contribution in [2.75, 3.05) is 31.1 Å². The number of hydrogen-bond acceptors (Lipinski definition) is 5. The van der Waals surface area contributed by atoms with Crippen LogP contribution in [-0.4, -0.2) is 42.7 Å². The third-order valence-corrected chi connectivity index (χ3v) is 2.82. The molecule has 0 amide bonds. The van der Waals surface area contributed by atoms with E-state index in [1.54, 1.807) is 18.3 Å². The Balaban J connectivity index is 2.22. The molecular weight excluding hydrogens is 242 g/mol. The maximum Gasteiger partial charge on any atom is 0.342 e. The van der Waals surface area contributed by atoms with E-state index < -0.39 is 5.60 Å². The van der Waals surface area contributed by atoms with Gasteiger partial charge in [-0.15, -0.1) is 0 Å². The Labute approximate surface area is 114 Å². The van der Waals surface area contributed by atoms with Crippen molar-refractivity contribution in [3.05, 3.63) is 23.9 Å². The highest BCUT2D eigenvalue weighted by atomic mass is 16.6. The van der Waals surface area contributed by atoms with Crippen LogP contribution >= 0.6 is 0 Å². The smallest absolute Gasteiger partial charge is 0.342 e. The van der Waals surface area contributed by atoms with E-state index in [0.29, 0.717) is 5.56 Å². The van der Waals surface area contributed by atoms with Crippen molar-refractivity contribution in [2.24, 2.45) is 0 Å². The molecule has 1 saturated heterocycles. The van der Waals surface area contributed by atoms with Gasteiger partial charge in [-0.2, -0.15) is 0 Å². The van der Waals surface area contributed by atoms with Crippen LogP contribution in [0.3, 0.4) is 0 Å². The first-order chi connectivity index (χ1) is 8.97. The number of anilines is 1. The minimum atomic E-state index is -0.492. The molecule has 0 unspecified atom stereocenters. The molecule has 1 aliphatic heterocycles. The minimum absolute atomic E-state index is 0.311. The van der Waals surface area contributed by atoms with E-state index in [0.717, 1.165) is 32.0 Å². The molecule has 0 atom stereocenters. The molecule has 2 heterocycles. The lowest BCUT2D eigenvalue weighted by molar-refractivity contribution is 0.00699. The number of nitrogens with one attached hydrogen (secondary N) is 1. The summed E-state index contributed by atoms with van der Waals surface area (Å²) in [6.45, 7) is 9.12. The third-order valence-electron chi connectivity index (χ3n) is 2.82. The first kappa shape index (κ1) is 13.8. The fraction of sp³-hybridized carbons (Fsp3) is 0.571. The van der Waals surface area contributed by atoms with Crippen molar-refractivity contribution in [1.82, 2.24) is 10.3 Å². The van der Waals surface area contributed by atoms with Crippen LogP contribution in [0, 0.1) is 0 Å². The monoisotopic (exact) mass is 263 g/mol. The molecule has 0 aliphatic carbocycles. The van der Waals surface area contributed by atoms with Crippen molar-refractivity contribution in [3.8, 4) is 0 Å². The van der Waals surface area contributed by atoms with Crippen molar-refractivity contribution < 1.29 is 9.53 Å². The molecule has 0 aromatic carbocycles. The van der Waals surface area contributed by atoms with Crippen LogP contribution in [0.25, 0.3) is 0 Å². The Morgan fingerprint density at radius 1 is 1.37 bits per heavy atom. The number of esters is 1. The Kier molecular flexibility index (Phi) is 4.04. The molecule has 5 nitrogen and oxygen atoms in total. The van der Waals surface area contributed by atoms with Crippen LogP contribution < -0.4 is 10.2 Å². The second-order valence-corrected chi connectivity index (χ2v) is 5.61. The Morgan fingerprint density at radius 2 is 2.05 bits per heavy atom. The van der Waals surface area contributed by atoms with E-state index in [2.05, 4.69) is 15.2 Å². The fourth-order valence-electron chi connectivity index (χ4n) is 2.02. The zero-order valence-corrected chi connectivity index (χ0v) is 11.8. The summed E-state index contributed by atoms with van der Waals surface area (Å²) in [6.07, 6.45) is 1.71.